The van der Waals surface area contributed by atoms with Crippen LogP contribution in [0.1, 0.15) is 17.3 Å². The Kier molecular flexibility index (Phi) is 3.32. The van der Waals surface area contributed by atoms with Crippen molar-refractivity contribution in [1.82, 2.24) is 0 Å². The topological polar surface area (TPSA) is 65.7 Å². The van der Waals surface area contributed by atoms with Crippen LogP contribution >= 0.6 is 0 Å². The summed E-state index contributed by atoms with van der Waals surface area (Å²) in [6.45, 7) is 2.29. The fraction of sp³-hybridized carbons (Fsp3) is 0.231. The molecule has 2 rings (SSSR count). The van der Waals surface area contributed by atoms with Crippen LogP contribution < -0.4 is 10.4 Å². The number of ether oxygens (including phenoxy) is 2. The molecule has 0 N–H and O–H groups in total. The van der Waals surface area contributed by atoms with Gasteiger partial charge in [0.25, 0.3) is 0 Å². The lowest BCUT2D eigenvalue weighted by molar-refractivity contribution is 0.0596. The molecule has 0 radical (unpaired) electrons. The molecule has 0 unspecified atom stereocenters. The van der Waals surface area contributed by atoms with Crippen molar-refractivity contribution in [3.8, 4) is 5.75 Å². The molecule has 18 heavy (non-hydrogen) atoms. The number of hydrogen-bond acceptors (Lipinski definition) is 5. The van der Waals surface area contributed by atoms with Crippen molar-refractivity contribution in [2.75, 3.05) is 13.7 Å². The first-order chi connectivity index (χ1) is 8.67. The molecule has 0 fully saturated rings. The van der Waals surface area contributed by atoms with Crippen molar-refractivity contribution in [2.45, 2.75) is 6.92 Å². The highest BCUT2D eigenvalue weighted by molar-refractivity contribution is 5.93. The third-order valence-corrected chi connectivity index (χ3v) is 2.43. The highest BCUT2D eigenvalue weighted by Crippen LogP contribution is 2.24. The van der Waals surface area contributed by atoms with Gasteiger partial charge in [0.1, 0.15) is 5.56 Å². The van der Waals surface area contributed by atoms with E-state index in [4.69, 9.17) is 9.15 Å². The highest BCUT2D eigenvalue weighted by atomic mass is 16.5. The van der Waals surface area contributed by atoms with Gasteiger partial charge in [0, 0.05) is 5.39 Å². The molecule has 0 spiro atoms. The van der Waals surface area contributed by atoms with Crippen LogP contribution in [0.15, 0.2) is 33.5 Å². The zero-order valence-corrected chi connectivity index (χ0v) is 10.1. The number of rotatable bonds is 3. The summed E-state index contributed by atoms with van der Waals surface area (Å²) < 4.78 is 15.0. The molecule has 0 aliphatic heterocycles. The zero-order valence-electron chi connectivity index (χ0n) is 10.1. The Morgan fingerprint density at radius 1 is 1.39 bits per heavy atom. The average Bonchev–Trinajstić information content (AvgIpc) is 2.38. The summed E-state index contributed by atoms with van der Waals surface area (Å²) in [5.74, 6) is -0.240. The van der Waals surface area contributed by atoms with E-state index < -0.39 is 11.6 Å². The predicted octanol–water partition coefficient (Wildman–Crippen LogP) is 1.98. The summed E-state index contributed by atoms with van der Waals surface area (Å²) in [7, 11) is 1.21. The van der Waals surface area contributed by atoms with E-state index in [9.17, 15) is 9.59 Å². The Hall–Kier alpha value is -2.30. The molecule has 0 aliphatic carbocycles. The summed E-state index contributed by atoms with van der Waals surface area (Å²) in [6, 6.07) is 6.63. The molecule has 94 valence electrons. The van der Waals surface area contributed by atoms with Crippen LogP contribution in [-0.4, -0.2) is 19.7 Å². The first-order valence-corrected chi connectivity index (χ1v) is 5.45. The molecular formula is C13H12O5. The van der Waals surface area contributed by atoms with Gasteiger partial charge in [0.15, 0.2) is 11.3 Å². The Bertz CT molecular complexity index is 641. The average molecular weight is 248 g/mol. The maximum atomic E-state index is 11.7. The van der Waals surface area contributed by atoms with Crippen LogP contribution in [0.3, 0.4) is 0 Å². The van der Waals surface area contributed by atoms with E-state index in [2.05, 4.69) is 4.74 Å². The molecule has 0 saturated heterocycles. The summed E-state index contributed by atoms with van der Waals surface area (Å²) in [4.78, 5) is 23.0. The molecule has 0 saturated carbocycles. The summed E-state index contributed by atoms with van der Waals surface area (Å²) in [6.07, 6.45) is 0. The van der Waals surface area contributed by atoms with Gasteiger partial charge in [-0.1, -0.05) is 12.1 Å². The summed E-state index contributed by atoms with van der Waals surface area (Å²) in [5.41, 5.74) is -0.530. The van der Waals surface area contributed by atoms with E-state index in [1.807, 2.05) is 6.92 Å². The second-order valence-corrected chi connectivity index (χ2v) is 3.55. The van der Waals surface area contributed by atoms with Crippen molar-refractivity contribution in [3.63, 3.8) is 0 Å². The van der Waals surface area contributed by atoms with Gasteiger partial charge in [-0.25, -0.2) is 9.59 Å². The smallest absolute Gasteiger partial charge is 0.351 e. The monoisotopic (exact) mass is 248 g/mol. The SMILES string of the molecule is CCOc1cccc2cc(C(=O)OC)c(=O)oc12. The van der Waals surface area contributed by atoms with Gasteiger partial charge in [-0.15, -0.1) is 0 Å². The molecule has 1 aromatic heterocycles. The van der Waals surface area contributed by atoms with E-state index in [1.165, 1.54) is 13.2 Å². The third kappa shape index (κ3) is 2.07. The number of carbonyl (C=O) groups is 1. The fourth-order valence-corrected chi connectivity index (χ4v) is 1.64. The third-order valence-electron chi connectivity index (χ3n) is 2.43. The van der Waals surface area contributed by atoms with E-state index in [0.717, 1.165) is 0 Å². The van der Waals surface area contributed by atoms with Gasteiger partial charge >= 0.3 is 11.6 Å². The molecule has 1 aromatic carbocycles. The second kappa shape index (κ2) is 4.91. The van der Waals surface area contributed by atoms with Crippen LogP contribution in [0.5, 0.6) is 5.75 Å². The van der Waals surface area contributed by atoms with E-state index in [1.54, 1.807) is 18.2 Å². The fourth-order valence-electron chi connectivity index (χ4n) is 1.64. The van der Waals surface area contributed by atoms with E-state index in [0.29, 0.717) is 23.3 Å². The van der Waals surface area contributed by atoms with Crippen molar-refractivity contribution >= 4 is 16.9 Å². The van der Waals surface area contributed by atoms with Crippen LogP contribution in [0, 0.1) is 0 Å². The minimum absolute atomic E-state index is 0.126. The largest absolute Gasteiger partial charge is 0.490 e. The number of esters is 1. The molecule has 1 heterocycles. The summed E-state index contributed by atoms with van der Waals surface area (Å²) in [5, 5.41) is 0.612. The van der Waals surface area contributed by atoms with Crippen molar-refractivity contribution in [2.24, 2.45) is 0 Å². The highest BCUT2D eigenvalue weighted by Gasteiger charge is 2.15. The van der Waals surface area contributed by atoms with Crippen LogP contribution in [-0.2, 0) is 4.74 Å². The maximum Gasteiger partial charge on any atom is 0.351 e. The summed E-state index contributed by atoms with van der Waals surface area (Å²) >= 11 is 0. The molecular weight excluding hydrogens is 236 g/mol. The van der Waals surface area contributed by atoms with Crippen LogP contribution in [0.25, 0.3) is 11.0 Å². The lowest BCUT2D eigenvalue weighted by Crippen LogP contribution is -2.15. The van der Waals surface area contributed by atoms with Gasteiger partial charge in [0.05, 0.1) is 13.7 Å². The predicted molar refractivity (Wildman–Crippen MR) is 65.0 cm³/mol. The van der Waals surface area contributed by atoms with Gasteiger partial charge in [-0.2, -0.15) is 0 Å². The van der Waals surface area contributed by atoms with Gasteiger partial charge in [0.2, 0.25) is 0 Å². The van der Waals surface area contributed by atoms with Crippen molar-refractivity contribution in [1.29, 1.82) is 0 Å². The Morgan fingerprint density at radius 2 is 2.17 bits per heavy atom. The Morgan fingerprint density at radius 3 is 2.83 bits per heavy atom. The lowest BCUT2D eigenvalue weighted by Gasteiger charge is -2.06. The van der Waals surface area contributed by atoms with Crippen molar-refractivity contribution < 1.29 is 18.7 Å². The normalized spacial score (nSPS) is 10.3. The second-order valence-electron chi connectivity index (χ2n) is 3.55. The molecule has 0 bridgehead atoms. The maximum absolute atomic E-state index is 11.7. The van der Waals surface area contributed by atoms with Gasteiger partial charge < -0.3 is 13.9 Å². The molecule has 0 amide bonds. The van der Waals surface area contributed by atoms with Gasteiger partial charge in [-0.05, 0) is 19.1 Å². The number of hydrogen-bond donors (Lipinski definition) is 0. The Labute approximate surface area is 103 Å². The first kappa shape index (κ1) is 12.2. The Balaban J connectivity index is 2.67. The van der Waals surface area contributed by atoms with E-state index >= 15 is 0 Å². The van der Waals surface area contributed by atoms with Crippen LogP contribution in [0.2, 0.25) is 0 Å². The lowest BCUT2D eigenvalue weighted by atomic mass is 10.2. The molecule has 5 heteroatoms. The number of benzene rings is 1. The number of para-hydroxylation sites is 1. The molecule has 0 aliphatic rings. The minimum atomic E-state index is -0.735. The molecule has 2 aromatic rings. The molecule has 0 atom stereocenters. The van der Waals surface area contributed by atoms with Crippen molar-refractivity contribution in [3.05, 3.63) is 40.2 Å². The van der Waals surface area contributed by atoms with Gasteiger partial charge in [-0.3, -0.25) is 0 Å². The number of fused-ring (bicyclic) bond motifs is 1. The number of carbonyl (C=O) groups excluding carboxylic acids is 1. The number of methoxy groups -OCH3 is 1. The quantitative estimate of drug-likeness (QED) is 0.613. The van der Waals surface area contributed by atoms with Crippen LogP contribution in [0.4, 0.5) is 0 Å². The molecule has 5 nitrogen and oxygen atoms in total. The zero-order chi connectivity index (χ0) is 13.1. The standard InChI is InChI=1S/C13H12O5/c1-3-17-10-6-4-5-8-7-9(12(14)16-2)13(15)18-11(8)10/h4-7H,3H2,1-2H3. The minimum Gasteiger partial charge on any atom is -0.490 e. The van der Waals surface area contributed by atoms with E-state index in [-0.39, 0.29) is 5.56 Å². The first-order valence-electron chi connectivity index (χ1n) is 5.45.